The summed E-state index contributed by atoms with van der Waals surface area (Å²) in [6, 6.07) is 9.46. The quantitative estimate of drug-likeness (QED) is 0.784. The van der Waals surface area contributed by atoms with Gasteiger partial charge in [0.05, 0.1) is 20.9 Å². The van der Waals surface area contributed by atoms with Gasteiger partial charge in [-0.1, -0.05) is 6.07 Å². The summed E-state index contributed by atoms with van der Waals surface area (Å²) in [5.74, 6) is -0.241. The summed E-state index contributed by atoms with van der Waals surface area (Å²) in [6.45, 7) is 1.99. The average Bonchev–Trinajstić information content (AvgIpc) is 2.85. The smallest absolute Gasteiger partial charge is 0.271 e. The van der Waals surface area contributed by atoms with E-state index in [4.69, 9.17) is 0 Å². The van der Waals surface area contributed by atoms with Gasteiger partial charge in [0.25, 0.3) is 5.91 Å². The predicted octanol–water partition coefficient (Wildman–Crippen LogP) is 2.42. The largest absolute Gasteiger partial charge is 0.354 e. The zero-order valence-corrected chi connectivity index (χ0v) is 11.9. The van der Waals surface area contributed by atoms with Gasteiger partial charge in [-0.25, -0.2) is 4.98 Å². The maximum Gasteiger partial charge on any atom is 0.271 e. The highest BCUT2D eigenvalue weighted by molar-refractivity contribution is 7.18. The van der Waals surface area contributed by atoms with Crippen molar-refractivity contribution in [3.63, 3.8) is 0 Å². The van der Waals surface area contributed by atoms with E-state index in [-0.39, 0.29) is 5.91 Å². The van der Waals surface area contributed by atoms with E-state index >= 15 is 0 Å². The van der Waals surface area contributed by atoms with Crippen LogP contribution in [-0.2, 0) is 0 Å². The van der Waals surface area contributed by atoms with E-state index in [0.717, 1.165) is 26.5 Å². The second-order valence-electron chi connectivity index (χ2n) is 4.30. The van der Waals surface area contributed by atoms with Crippen LogP contribution in [0.5, 0.6) is 0 Å². The fourth-order valence-electron chi connectivity index (χ4n) is 1.94. The first-order chi connectivity index (χ1) is 9.67. The van der Waals surface area contributed by atoms with Crippen LogP contribution in [0, 0.1) is 6.92 Å². The molecule has 0 saturated carbocycles. The molecule has 1 amide bonds. The van der Waals surface area contributed by atoms with Crippen LogP contribution in [0.1, 0.15) is 15.5 Å². The topological polar surface area (TPSA) is 67.8 Å². The highest BCUT2D eigenvalue weighted by atomic mass is 32.1. The van der Waals surface area contributed by atoms with Crippen LogP contribution in [-0.4, -0.2) is 28.1 Å². The summed E-state index contributed by atoms with van der Waals surface area (Å²) in [5.41, 5.74) is 2.94. The molecular formula is C14H12N4OS. The first kappa shape index (κ1) is 12.7. The lowest BCUT2D eigenvalue weighted by Gasteiger charge is -2.01. The van der Waals surface area contributed by atoms with E-state index in [1.807, 2.05) is 25.1 Å². The van der Waals surface area contributed by atoms with Crippen molar-refractivity contribution in [3.05, 3.63) is 41.0 Å². The summed E-state index contributed by atoms with van der Waals surface area (Å²) in [5, 5.41) is 11.6. The van der Waals surface area contributed by atoms with Gasteiger partial charge in [-0.2, -0.15) is 0 Å². The maximum absolute atomic E-state index is 11.4. The molecule has 0 aliphatic heterocycles. The minimum absolute atomic E-state index is 0.241. The predicted molar refractivity (Wildman–Crippen MR) is 78.8 cm³/mol. The van der Waals surface area contributed by atoms with E-state index < -0.39 is 0 Å². The lowest BCUT2D eigenvalue weighted by Crippen LogP contribution is -2.19. The molecule has 0 bridgehead atoms. The Hall–Kier alpha value is -2.34. The lowest BCUT2D eigenvalue weighted by molar-refractivity contribution is 0.0957. The van der Waals surface area contributed by atoms with Crippen LogP contribution >= 0.6 is 11.3 Å². The van der Waals surface area contributed by atoms with Gasteiger partial charge in [-0.3, -0.25) is 4.79 Å². The van der Waals surface area contributed by atoms with Crippen LogP contribution in [0.4, 0.5) is 0 Å². The Balaban J connectivity index is 1.99. The number of benzene rings is 1. The van der Waals surface area contributed by atoms with Gasteiger partial charge in [0, 0.05) is 12.6 Å². The third-order valence-electron chi connectivity index (χ3n) is 2.91. The third kappa shape index (κ3) is 2.25. The summed E-state index contributed by atoms with van der Waals surface area (Å²) < 4.78 is 1.15. The molecule has 0 aliphatic rings. The van der Waals surface area contributed by atoms with Crippen molar-refractivity contribution in [1.82, 2.24) is 20.5 Å². The second kappa shape index (κ2) is 4.97. The molecule has 0 unspecified atom stereocenters. The van der Waals surface area contributed by atoms with Crippen molar-refractivity contribution in [2.45, 2.75) is 6.92 Å². The van der Waals surface area contributed by atoms with Gasteiger partial charge in [-0.15, -0.1) is 21.5 Å². The molecule has 0 saturated heterocycles. The fourth-order valence-corrected chi connectivity index (χ4v) is 2.74. The van der Waals surface area contributed by atoms with Gasteiger partial charge in [0.1, 0.15) is 0 Å². The molecule has 0 radical (unpaired) electrons. The van der Waals surface area contributed by atoms with Gasteiger partial charge in [-0.05, 0) is 31.2 Å². The molecule has 20 heavy (non-hydrogen) atoms. The van der Waals surface area contributed by atoms with E-state index in [9.17, 15) is 4.79 Å². The van der Waals surface area contributed by atoms with Gasteiger partial charge < -0.3 is 5.32 Å². The highest BCUT2D eigenvalue weighted by Crippen LogP contribution is 2.26. The fraction of sp³-hybridized carbons (Fsp3) is 0.143. The van der Waals surface area contributed by atoms with Crippen LogP contribution < -0.4 is 5.32 Å². The number of thiazole rings is 1. The molecule has 3 rings (SSSR count). The number of hydrogen-bond donors (Lipinski definition) is 1. The summed E-state index contributed by atoms with van der Waals surface area (Å²) >= 11 is 1.67. The van der Waals surface area contributed by atoms with E-state index in [2.05, 4.69) is 20.5 Å². The molecule has 100 valence electrons. The Morgan fingerprint density at radius 2 is 2.05 bits per heavy atom. The Kier molecular flexibility index (Phi) is 3.15. The molecule has 6 heteroatoms. The molecule has 3 aromatic rings. The summed E-state index contributed by atoms with van der Waals surface area (Å²) in [7, 11) is 1.57. The summed E-state index contributed by atoms with van der Waals surface area (Å²) in [4.78, 5) is 15.9. The van der Waals surface area contributed by atoms with E-state index in [1.165, 1.54) is 0 Å². The van der Waals surface area contributed by atoms with Crippen LogP contribution in [0.3, 0.4) is 0 Å². The number of rotatable bonds is 2. The van der Waals surface area contributed by atoms with Gasteiger partial charge >= 0.3 is 0 Å². The first-order valence-corrected chi connectivity index (χ1v) is 6.92. The molecular weight excluding hydrogens is 272 g/mol. The number of amides is 1. The second-order valence-corrected chi connectivity index (χ2v) is 5.53. The number of carbonyl (C=O) groups excluding carboxylic acids is 1. The summed E-state index contributed by atoms with van der Waals surface area (Å²) in [6.07, 6.45) is 0. The van der Waals surface area contributed by atoms with Gasteiger partial charge in [0.2, 0.25) is 0 Å². The SMILES string of the molecule is CNC(=O)c1ccc(-c2ccc3sc(C)nc3c2)nn1. The Bertz CT molecular complexity index is 779. The molecule has 2 aromatic heterocycles. The molecule has 1 N–H and O–H groups in total. The zero-order chi connectivity index (χ0) is 14.1. The number of nitrogens with one attached hydrogen (secondary N) is 1. The molecule has 2 heterocycles. The van der Waals surface area contributed by atoms with E-state index in [0.29, 0.717) is 5.69 Å². The molecule has 0 aliphatic carbocycles. The Labute approximate surface area is 119 Å². The Morgan fingerprint density at radius 1 is 1.20 bits per heavy atom. The van der Waals surface area contributed by atoms with Crippen molar-refractivity contribution in [3.8, 4) is 11.3 Å². The van der Waals surface area contributed by atoms with Crippen molar-refractivity contribution < 1.29 is 4.79 Å². The number of carbonyl (C=O) groups is 1. The highest BCUT2D eigenvalue weighted by Gasteiger charge is 2.08. The average molecular weight is 284 g/mol. The number of fused-ring (bicyclic) bond motifs is 1. The molecule has 0 spiro atoms. The normalized spacial score (nSPS) is 10.7. The molecule has 0 fully saturated rings. The minimum atomic E-state index is -0.241. The maximum atomic E-state index is 11.4. The molecule has 0 atom stereocenters. The van der Waals surface area contributed by atoms with Crippen LogP contribution in [0.15, 0.2) is 30.3 Å². The standard InChI is InChI=1S/C14H12N4OS/c1-8-16-12-7-9(3-6-13(12)20-8)10-4-5-11(18-17-10)14(19)15-2/h3-7H,1-2H3,(H,15,19). The Morgan fingerprint density at radius 3 is 2.75 bits per heavy atom. The first-order valence-electron chi connectivity index (χ1n) is 6.11. The van der Waals surface area contributed by atoms with Crippen LogP contribution in [0.2, 0.25) is 0 Å². The van der Waals surface area contributed by atoms with Crippen molar-refractivity contribution in [2.24, 2.45) is 0 Å². The number of nitrogens with zero attached hydrogens (tertiary/aromatic N) is 3. The van der Waals surface area contributed by atoms with Crippen molar-refractivity contribution in [2.75, 3.05) is 7.05 Å². The lowest BCUT2D eigenvalue weighted by atomic mass is 10.1. The number of hydrogen-bond acceptors (Lipinski definition) is 5. The number of aromatic nitrogens is 3. The zero-order valence-electron chi connectivity index (χ0n) is 11.0. The van der Waals surface area contributed by atoms with E-state index in [1.54, 1.807) is 30.5 Å². The molecule has 1 aromatic carbocycles. The molecule has 5 nitrogen and oxygen atoms in total. The third-order valence-corrected chi connectivity index (χ3v) is 3.87. The van der Waals surface area contributed by atoms with Crippen molar-refractivity contribution >= 4 is 27.5 Å². The monoisotopic (exact) mass is 284 g/mol. The van der Waals surface area contributed by atoms with Crippen LogP contribution in [0.25, 0.3) is 21.5 Å². The minimum Gasteiger partial charge on any atom is -0.354 e. The van der Waals surface area contributed by atoms with Crippen molar-refractivity contribution in [1.29, 1.82) is 0 Å². The van der Waals surface area contributed by atoms with Gasteiger partial charge in [0.15, 0.2) is 5.69 Å². The number of aryl methyl sites for hydroxylation is 1.